The molecule has 1 unspecified atom stereocenters. The molecular formula is C12H17N5O. The van der Waals surface area contributed by atoms with Crippen molar-refractivity contribution in [1.29, 1.82) is 0 Å². The van der Waals surface area contributed by atoms with Crippen molar-refractivity contribution in [3.05, 3.63) is 12.5 Å². The van der Waals surface area contributed by atoms with Gasteiger partial charge in [-0.25, -0.2) is 9.97 Å². The predicted molar refractivity (Wildman–Crippen MR) is 68.5 cm³/mol. The van der Waals surface area contributed by atoms with Crippen molar-refractivity contribution in [1.82, 2.24) is 19.7 Å². The van der Waals surface area contributed by atoms with E-state index >= 15 is 0 Å². The largest absolute Gasteiger partial charge is 0.377 e. The summed E-state index contributed by atoms with van der Waals surface area (Å²) in [6.07, 6.45) is 4.50. The van der Waals surface area contributed by atoms with Crippen LogP contribution in [0.25, 0.3) is 11.0 Å². The lowest BCUT2D eigenvalue weighted by Crippen LogP contribution is -2.45. The van der Waals surface area contributed by atoms with E-state index in [1.165, 1.54) is 0 Å². The number of nitrogens with zero attached hydrogens (tertiary/aromatic N) is 5. The Hall–Kier alpha value is -1.69. The van der Waals surface area contributed by atoms with Gasteiger partial charge in [-0.1, -0.05) is 6.92 Å². The lowest BCUT2D eigenvalue weighted by atomic mass is 10.1. The Morgan fingerprint density at radius 3 is 3.17 bits per heavy atom. The topological polar surface area (TPSA) is 56.1 Å². The first-order valence-electron chi connectivity index (χ1n) is 6.28. The molecule has 1 aliphatic heterocycles. The number of hydrogen-bond donors (Lipinski definition) is 0. The third-order valence-corrected chi connectivity index (χ3v) is 3.48. The average molecular weight is 247 g/mol. The molecule has 1 aliphatic rings. The zero-order valence-electron chi connectivity index (χ0n) is 10.7. The summed E-state index contributed by atoms with van der Waals surface area (Å²) in [7, 11) is 1.90. The Morgan fingerprint density at radius 2 is 2.33 bits per heavy atom. The first kappa shape index (κ1) is 11.4. The van der Waals surface area contributed by atoms with Crippen molar-refractivity contribution in [3.63, 3.8) is 0 Å². The molecular weight excluding hydrogens is 230 g/mol. The van der Waals surface area contributed by atoms with Crippen LogP contribution in [-0.4, -0.2) is 45.5 Å². The lowest BCUT2D eigenvalue weighted by Gasteiger charge is -2.36. The Labute approximate surface area is 106 Å². The highest BCUT2D eigenvalue weighted by molar-refractivity contribution is 5.86. The van der Waals surface area contributed by atoms with Crippen LogP contribution in [0.4, 0.5) is 5.82 Å². The van der Waals surface area contributed by atoms with Crippen LogP contribution in [0.5, 0.6) is 0 Å². The fourth-order valence-electron chi connectivity index (χ4n) is 2.45. The maximum Gasteiger partial charge on any atom is 0.163 e. The number of morpholine rings is 1. The smallest absolute Gasteiger partial charge is 0.163 e. The van der Waals surface area contributed by atoms with Gasteiger partial charge in [0.05, 0.1) is 30.8 Å². The van der Waals surface area contributed by atoms with E-state index in [9.17, 15) is 0 Å². The molecule has 0 aliphatic carbocycles. The molecule has 0 N–H and O–H groups in total. The van der Waals surface area contributed by atoms with E-state index in [1.807, 2.05) is 13.2 Å². The zero-order valence-corrected chi connectivity index (χ0v) is 10.7. The van der Waals surface area contributed by atoms with Gasteiger partial charge in [-0.05, 0) is 6.42 Å². The van der Waals surface area contributed by atoms with Crippen molar-refractivity contribution in [2.45, 2.75) is 19.4 Å². The number of rotatable bonds is 2. The van der Waals surface area contributed by atoms with E-state index in [2.05, 4.69) is 26.9 Å². The molecule has 18 heavy (non-hydrogen) atoms. The highest BCUT2D eigenvalue weighted by Gasteiger charge is 2.24. The molecule has 1 saturated heterocycles. The minimum absolute atomic E-state index is 0.386. The number of anilines is 1. The minimum atomic E-state index is 0.386. The van der Waals surface area contributed by atoms with Gasteiger partial charge in [0.15, 0.2) is 5.65 Å². The third kappa shape index (κ3) is 1.73. The van der Waals surface area contributed by atoms with E-state index in [0.717, 1.165) is 43.0 Å². The summed E-state index contributed by atoms with van der Waals surface area (Å²) >= 11 is 0. The fraction of sp³-hybridized carbons (Fsp3) is 0.583. The summed E-state index contributed by atoms with van der Waals surface area (Å²) in [5, 5.41) is 5.27. The summed E-state index contributed by atoms with van der Waals surface area (Å²) in [6, 6.07) is 0.386. The van der Waals surface area contributed by atoms with Crippen LogP contribution < -0.4 is 4.90 Å². The summed E-state index contributed by atoms with van der Waals surface area (Å²) in [4.78, 5) is 11.0. The van der Waals surface area contributed by atoms with E-state index < -0.39 is 0 Å². The first-order chi connectivity index (χ1) is 8.81. The van der Waals surface area contributed by atoms with Gasteiger partial charge in [-0.2, -0.15) is 5.10 Å². The van der Waals surface area contributed by atoms with Gasteiger partial charge in [0.1, 0.15) is 12.1 Å². The second-order valence-corrected chi connectivity index (χ2v) is 4.53. The molecule has 2 aromatic rings. The van der Waals surface area contributed by atoms with Crippen LogP contribution >= 0.6 is 0 Å². The SMILES string of the molecule is CCC1COCCN1c1ncnc2c1cnn2C. The average Bonchev–Trinajstić information content (AvgIpc) is 2.81. The van der Waals surface area contributed by atoms with Crippen LogP contribution in [0.1, 0.15) is 13.3 Å². The van der Waals surface area contributed by atoms with Gasteiger partial charge in [0, 0.05) is 13.6 Å². The number of aryl methyl sites for hydroxylation is 1. The normalized spacial score (nSPS) is 20.6. The Bertz CT molecular complexity index is 552. The van der Waals surface area contributed by atoms with Crippen LogP contribution in [-0.2, 0) is 11.8 Å². The van der Waals surface area contributed by atoms with Crippen LogP contribution in [0.2, 0.25) is 0 Å². The summed E-state index contributed by atoms with van der Waals surface area (Å²) in [5.74, 6) is 0.975. The monoisotopic (exact) mass is 247 g/mol. The maximum absolute atomic E-state index is 5.54. The second kappa shape index (κ2) is 4.53. The van der Waals surface area contributed by atoms with Crippen molar-refractivity contribution >= 4 is 16.9 Å². The molecule has 0 radical (unpaired) electrons. The molecule has 0 aromatic carbocycles. The van der Waals surface area contributed by atoms with Gasteiger partial charge in [-0.15, -0.1) is 0 Å². The number of aromatic nitrogens is 4. The van der Waals surface area contributed by atoms with Gasteiger partial charge >= 0.3 is 0 Å². The summed E-state index contributed by atoms with van der Waals surface area (Å²) in [5.41, 5.74) is 0.876. The van der Waals surface area contributed by atoms with E-state index in [0.29, 0.717) is 6.04 Å². The zero-order chi connectivity index (χ0) is 12.5. The van der Waals surface area contributed by atoms with Gasteiger partial charge in [0.25, 0.3) is 0 Å². The highest BCUT2D eigenvalue weighted by Crippen LogP contribution is 2.26. The lowest BCUT2D eigenvalue weighted by molar-refractivity contribution is 0.0927. The number of hydrogen-bond acceptors (Lipinski definition) is 5. The Morgan fingerprint density at radius 1 is 1.44 bits per heavy atom. The van der Waals surface area contributed by atoms with Gasteiger partial charge in [-0.3, -0.25) is 4.68 Å². The van der Waals surface area contributed by atoms with Crippen molar-refractivity contribution < 1.29 is 4.74 Å². The van der Waals surface area contributed by atoms with E-state index in [4.69, 9.17) is 4.74 Å². The third-order valence-electron chi connectivity index (χ3n) is 3.48. The Balaban J connectivity index is 2.07. The predicted octanol–water partition coefficient (Wildman–Crippen LogP) is 0.978. The number of fused-ring (bicyclic) bond motifs is 1. The molecule has 3 heterocycles. The highest BCUT2D eigenvalue weighted by atomic mass is 16.5. The molecule has 6 nitrogen and oxygen atoms in total. The van der Waals surface area contributed by atoms with E-state index in [1.54, 1.807) is 11.0 Å². The van der Waals surface area contributed by atoms with Crippen LogP contribution in [0, 0.1) is 0 Å². The van der Waals surface area contributed by atoms with Gasteiger partial charge in [0.2, 0.25) is 0 Å². The summed E-state index contributed by atoms with van der Waals surface area (Å²) < 4.78 is 7.32. The van der Waals surface area contributed by atoms with Gasteiger partial charge < -0.3 is 9.64 Å². The molecule has 1 atom stereocenters. The summed E-state index contributed by atoms with van der Waals surface area (Å²) in [6.45, 7) is 4.57. The number of ether oxygens (including phenoxy) is 1. The standard InChI is InChI=1S/C12H17N5O/c1-3-9-7-18-5-4-17(9)12-10-6-15-16(2)11(10)13-8-14-12/h6,8-9H,3-5,7H2,1-2H3. The fourth-order valence-corrected chi connectivity index (χ4v) is 2.45. The van der Waals surface area contributed by atoms with Crippen LogP contribution in [0.3, 0.4) is 0 Å². The minimum Gasteiger partial charge on any atom is -0.377 e. The molecule has 2 aromatic heterocycles. The quantitative estimate of drug-likeness (QED) is 0.791. The van der Waals surface area contributed by atoms with Crippen molar-refractivity contribution in [2.24, 2.45) is 7.05 Å². The van der Waals surface area contributed by atoms with Crippen LogP contribution in [0.15, 0.2) is 12.5 Å². The molecule has 0 bridgehead atoms. The second-order valence-electron chi connectivity index (χ2n) is 4.53. The molecule has 0 amide bonds. The van der Waals surface area contributed by atoms with Crippen molar-refractivity contribution in [2.75, 3.05) is 24.7 Å². The first-order valence-corrected chi connectivity index (χ1v) is 6.28. The molecule has 0 spiro atoms. The maximum atomic E-state index is 5.54. The Kier molecular flexibility index (Phi) is 2.87. The van der Waals surface area contributed by atoms with Crippen molar-refractivity contribution in [3.8, 4) is 0 Å². The van der Waals surface area contributed by atoms with E-state index in [-0.39, 0.29) is 0 Å². The molecule has 6 heteroatoms. The molecule has 3 rings (SSSR count). The molecule has 96 valence electrons. The molecule has 1 fully saturated rings. The molecule has 0 saturated carbocycles.